The van der Waals surface area contributed by atoms with E-state index in [9.17, 15) is 4.79 Å². The van der Waals surface area contributed by atoms with E-state index in [2.05, 4.69) is 0 Å². The lowest BCUT2D eigenvalue weighted by atomic mass is 9.88. The lowest BCUT2D eigenvalue weighted by Gasteiger charge is -2.14. The average molecular weight is 254 g/mol. The van der Waals surface area contributed by atoms with Crippen molar-refractivity contribution >= 4 is 5.78 Å². The summed E-state index contributed by atoms with van der Waals surface area (Å²) in [6.45, 7) is 2.04. The highest BCUT2D eigenvalue weighted by Gasteiger charge is 2.20. The van der Waals surface area contributed by atoms with Gasteiger partial charge in [-0.25, -0.2) is 0 Å². The number of hydrogen-bond acceptors (Lipinski definition) is 2. The van der Waals surface area contributed by atoms with E-state index in [0.29, 0.717) is 11.3 Å². The van der Waals surface area contributed by atoms with Gasteiger partial charge in [-0.3, -0.25) is 4.79 Å². The van der Waals surface area contributed by atoms with Crippen molar-refractivity contribution in [3.63, 3.8) is 0 Å². The largest absolute Gasteiger partial charge is 0.497 e. The summed E-state index contributed by atoms with van der Waals surface area (Å²) in [6, 6.07) is 17.3. The molecule has 98 valence electrons. The van der Waals surface area contributed by atoms with Crippen molar-refractivity contribution in [1.29, 1.82) is 0 Å². The molecule has 0 heterocycles. The molecule has 0 spiro atoms. The van der Waals surface area contributed by atoms with Crippen LogP contribution in [0.15, 0.2) is 54.6 Å². The van der Waals surface area contributed by atoms with E-state index in [4.69, 9.17) is 4.74 Å². The minimum Gasteiger partial charge on any atom is -0.497 e. The lowest BCUT2D eigenvalue weighted by Crippen LogP contribution is -2.12. The van der Waals surface area contributed by atoms with Gasteiger partial charge in [0.1, 0.15) is 5.75 Å². The van der Waals surface area contributed by atoms with E-state index in [-0.39, 0.29) is 11.7 Å². The summed E-state index contributed by atoms with van der Waals surface area (Å²) < 4.78 is 5.17. The molecule has 2 aromatic carbocycles. The third-order valence-electron chi connectivity index (χ3n) is 3.28. The molecule has 0 saturated carbocycles. The normalized spacial score (nSPS) is 11.9. The number of methoxy groups -OCH3 is 1. The minimum atomic E-state index is -0.0895. The maximum absolute atomic E-state index is 12.6. The van der Waals surface area contributed by atoms with Crippen molar-refractivity contribution in [3.8, 4) is 5.75 Å². The van der Waals surface area contributed by atoms with Gasteiger partial charge in [-0.15, -0.1) is 0 Å². The van der Waals surface area contributed by atoms with Crippen LogP contribution in [0.2, 0.25) is 0 Å². The summed E-state index contributed by atoms with van der Waals surface area (Å²) in [5.41, 5.74) is 1.77. The molecule has 0 amide bonds. The Morgan fingerprint density at radius 3 is 2.47 bits per heavy atom. The maximum atomic E-state index is 12.6. The molecule has 0 aliphatic heterocycles. The van der Waals surface area contributed by atoms with Crippen LogP contribution in [-0.2, 0) is 0 Å². The van der Waals surface area contributed by atoms with Crippen LogP contribution in [0.5, 0.6) is 5.75 Å². The molecule has 0 N–H and O–H groups in total. The average Bonchev–Trinajstić information content (AvgIpc) is 2.49. The Morgan fingerprint density at radius 2 is 1.84 bits per heavy atom. The summed E-state index contributed by atoms with van der Waals surface area (Å²) in [6.07, 6.45) is 0.792. The summed E-state index contributed by atoms with van der Waals surface area (Å²) in [5.74, 6) is 0.773. The van der Waals surface area contributed by atoms with Crippen LogP contribution in [-0.4, -0.2) is 12.9 Å². The third kappa shape index (κ3) is 3.02. The molecule has 2 nitrogen and oxygen atoms in total. The van der Waals surface area contributed by atoms with Gasteiger partial charge in [0.05, 0.1) is 7.11 Å². The number of carbonyl (C=O) groups excluding carboxylic acids is 1. The van der Waals surface area contributed by atoms with Crippen molar-refractivity contribution in [2.24, 2.45) is 0 Å². The van der Waals surface area contributed by atoms with Crippen LogP contribution in [0.4, 0.5) is 0 Å². The van der Waals surface area contributed by atoms with Gasteiger partial charge in [0.25, 0.3) is 0 Å². The molecule has 19 heavy (non-hydrogen) atoms. The van der Waals surface area contributed by atoms with Gasteiger partial charge in [0, 0.05) is 11.5 Å². The van der Waals surface area contributed by atoms with Gasteiger partial charge >= 0.3 is 0 Å². The monoisotopic (exact) mass is 254 g/mol. The Morgan fingerprint density at radius 1 is 1.11 bits per heavy atom. The fraction of sp³-hybridized carbons (Fsp3) is 0.235. The first-order chi connectivity index (χ1) is 9.26. The first-order valence-corrected chi connectivity index (χ1v) is 6.49. The van der Waals surface area contributed by atoms with E-state index in [0.717, 1.165) is 12.0 Å². The number of rotatable bonds is 5. The Labute approximate surface area is 114 Å². The molecule has 0 aromatic heterocycles. The second-order valence-corrected chi connectivity index (χ2v) is 4.47. The SMILES string of the molecule is CCC(C(=O)c1cccc(OC)c1)c1ccccc1. The van der Waals surface area contributed by atoms with E-state index in [1.807, 2.05) is 55.5 Å². The fourth-order valence-electron chi connectivity index (χ4n) is 2.24. The summed E-state index contributed by atoms with van der Waals surface area (Å²) in [4.78, 5) is 12.6. The molecule has 0 fully saturated rings. The van der Waals surface area contributed by atoms with Crippen LogP contribution in [0, 0.1) is 0 Å². The molecule has 0 aliphatic rings. The number of hydrogen-bond donors (Lipinski definition) is 0. The van der Waals surface area contributed by atoms with Crippen LogP contribution >= 0.6 is 0 Å². The van der Waals surface area contributed by atoms with Crippen LogP contribution < -0.4 is 4.74 Å². The Hall–Kier alpha value is -2.09. The summed E-state index contributed by atoms with van der Waals surface area (Å²) in [7, 11) is 1.61. The summed E-state index contributed by atoms with van der Waals surface area (Å²) in [5, 5.41) is 0. The van der Waals surface area contributed by atoms with Gasteiger partial charge in [0.15, 0.2) is 5.78 Å². The number of Topliss-reactive ketones (excluding diaryl/α,β-unsaturated/α-hetero) is 1. The maximum Gasteiger partial charge on any atom is 0.170 e. The predicted molar refractivity (Wildman–Crippen MR) is 76.8 cm³/mol. The molecule has 0 bridgehead atoms. The first kappa shape index (κ1) is 13.3. The van der Waals surface area contributed by atoms with Crippen LogP contribution in [0.3, 0.4) is 0 Å². The molecule has 0 radical (unpaired) electrons. The van der Waals surface area contributed by atoms with Crippen molar-refractivity contribution in [2.75, 3.05) is 7.11 Å². The summed E-state index contributed by atoms with van der Waals surface area (Å²) >= 11 is 0. The second-order valence-electron chi connectivity index (χ2n) is 4.47. The smallest absolute Gasteiger partial charge is 0.170 e. The molecule has 2 rings (SSSR count). The Balaban J connectivity index is 2.30. The van der Waals surface area contributed by atoms with Crippen molar-refractivity contribution in [1.82, 2.24) is 0 Å². The molecule has 0 aliphatic carbocycles. The van der Waals surface area contributed by atoms with Gasteiger partial charge in [0.2, 0.25) is 0 Å². The van der Waals surface area contributed by atoms with Gasteiger partial charge in [-0.05, 0) is 24.1 Å². The van der Waals surface area contributed by atoms with Crippen LogP contribution in [0.1, 0.15) is 35.2 Å². The zero-order valence-electron chi connectivity index (χ0n) is 11.3. The minimum absolute atomic E-state index is 0.0895. The van der Waals surface area contributed by atoms with Gasteiger partial charge < -0.3 is 4.74 Å². The van der Waals surface area contributed by atoms with Crippen molar-refractivity contribution in [2.45, 2.75) is 19.3 Å². The van der Waals surface area contributed by atoms with Crippen molar-refractivity contribution in [3.05, 3.63) is 65.7 Å². The second kappa shape index (κ2) is 6.19. The predicted octanol–water partition coefficient (Wildman–Crippen LogP) is 4.07. The molecule has 1 atom stereocenters. The van der Waals surface area contributed by atoms with Gasteiger partial charge in [-0.2, -0.15) is 0 Å². The quantitative estimate of drug-likeness (QED) is 0.752. The molecule has 0 saturated heterocycles. The van der Waals surface area contributed by atoms with Gasteiger partial charge in [-0.1, -0.05) is 49.4 Å². The highest BCUT2D eigenvalue weighted by atomic mass is 16.5. The standard InChI is InChI=1S/C17H18O2/c1-3-16(13-8-5-4-6-9-13)17(18)14-10-7-11-15(12-14)19-2/h4-12,16H,3H2,1-2H3. The Bertz CT molecular complexity index is 546. The Kier molecular flexibility index (Phi) is 4.35. The fourth-order valence-corrected chi connectivity index (χ4v) is 2.24. The van der Waals surface area contributed by atoms with E-state index >= 15 is 0 Å². The lowest BCUT2D eigenvalue weighted by molar-refractivity contribution is 0.0957. The number of ketones is 1. The van der Waals surface area contributed by atoms with E-state index in [1.54, 1.807) is 13.2 Å². The number of carbonyl (C=O) groups is 1. The van der Waals surface area contributed by atoms with E-state index < -0.39 is 0 Å². The molecule has 1 unspecified atom stereocenters. The highest BCUT2D eigenvalue weighted by Crippen LogP contribution is 2.25. The zero-order valence-corrected chi connectivity index (χ0v) is 11.3. The zero-order chi connectivity index (χ0) is 13.7. The van der Waals surface area contributed by atoms with E-state index in [1.165, 1.54) is 0 Å². The first-order valence-electron chi connectivity index (χ1n) is 6.49. The molecule has 2 heteroatoms. The number of ether oxygens (including phenoxy) is 1. The third-order valence-corrected chi connectivity index (χ3v) is 3.28. The topological polar surface area (TPSA) is 26.3 Å². The number of benzene rings is 2. The molecular weight excluding hydrogens is 236 g/mol. The molecule has 2 aromatic rings. The highest BCUT2D eigenvalue weighted by molar-refractivity contribution is 6.01. The van der Waals surface area contributed by atoms with Crippen molar-refractivity contribution < 1.29 is 9.53 Å². The molecular formula is C17H18O2. The van der Waals surface area contributed by atoms with Crippen LogP contribution in [0.25, 0.3) is 0 Å².